The third-order valence-electron chi connectivity index (χ3n) is 2.09. The summed E-state index contributed by atoms with van der Waals surface area (Å²) in [6, 6.07) is 2.77. The van der Waals surface area contributed by atoms with Gasteiger partial charge >= 0.3 is 0 Å². The number of aryl methyl sites for hydroxylation is 1. The minimum Gasteiger partial charge on any atom is -0.345 e. The van der Waals surface area contributed by atoms with Gasteiger partial charge in [0.1, 0.15) is 6.33 Å². The average molecular weight is 233 g/mol. The molecule has 0 unspecified atom stereocenters. The topological polar surface area (TPSA) is 92.7 Å². The Morgan fingerprint density at radius 1 is 1.59 bits per heavy atom. The summed E-state index contributed by atoms with van der Waals surface area (Å²) < 4.78 is 1.55. The molecule has 0 aliphatic rings. The van der Waals surface area contributed by atoms with Crippen LogP contribution in [0.3, 0.4) is 0 Å². The van der Waals surface area contributed by atoms with Gasteiger partial charge in [0.05, 0.1) is 6.54 Å². The number of H-pyrrole nitrogens is 1. The molecule has 2 aromatic heterocycles. The summed E-state index contributed by atoms with van der Waals surface area (Å²) in [6.07, 6.45) is 2.98. The fourth-order valence-corrected chi connectivity index (χ4v) is 1.31. The molecule has 1 amide bonds. The molecule has 0 aromatic carbocycles. The monoisotopic (exact) mass is 233 g/mol. The van der Waals surface area contributed by atoms with Crippen LogP contribution in [0.1, 0.15) is 16.2 Å². The maximum Gasteiger partial charge on any atom is 0.251 e. The molecule has 7 nitrogen and oxygen atoms in total. The second-order valence-electron chi connectivity index (χ2n) is 3.46. The van der Waals surface area contributed by atoms with Crippen LogP contribution in [-0.4, -0.2) is 25.7 Å². The number of hydrogen-bond acceptors (Lipinski definition) is 4. The van der Waals surface area contributed by atoms with Crippen LogP contribution in [0.2, 0.25) is 0 Å². The number of rotatable bonds is 3. The molecule has 17 heavy (non-hydrogen) atoms. The average Bonchev–Trinajstić information content (AvgIpc) is 2.72. The van der Waals surface area contributed by atoms with E-state index in [4.69, 9.17) is 0 Å². The van der Waals surface area contributed by atoms with Crippen molar-refractivity contribution in [2.45, 2.75) is 6.54 Å². The Morgan fingerprint density at radius 2 is 2.41 bits per heavy atom. The minimum atomic E-state index is -0.330. The lowest BCUT2D eigenvalue weighted by atomic mass is 10.2. The van der Waals surface area contributed by atoms with E-state index < -0.39 is 0 Å². The van der Waals surface area contributed by atoms with Crippen molar-refractivity contribution in [1.82, 2.24) is 25.1 Å². The number of hydrogen-bond donors (Lipinski definition) is 2. The Kier molecular flexibility index (Phi) is 2.99. The number of carbonyl (C=O) groups is 1. The molecular formula is C10H11N5O2. The van der Waals surface area contributed by atoms with Gasteiger partial charge in [-0.1, -0.05) is 0 Å². The molecule has 0 radical (unpaired) electrons. The second-order valence-corrected chi connectivity index (χ2v) is 3.46. The van der Waals surface area contributed by atoms with E-state index in [9.17, 15) is 9.59 Å². The molecular weight excluding hydrogens is 222 g/mol. The standard InChI is InChI=1S/C10H11N5O2/c1-15-6-13-8(14-15)5-12-10(17)7-2-3-11-9(16)4-7/h2-4,6H,5H2,1H3,(H,11,16)(H,12,17). The fourth-order valence-electron chi connectivity index (χ4n) is 1.31. The number of amides is 1. The Balaban J connectivity index is 2.00. The second kappa shape index (κ2) is 4.60. The minimum absolute atomic E-state index is 0.229. The summed E-state index contributed by atoms with van der Waals surface area (Å²) in [7, 11) is 1.75. The largest absolute Gasteiger partial charge is 0.345 e. The molecule has 7 heteroatoms. The normalized spacial score (nSPS) is 10.2. The van der Waals surface area contributed by atoms with Crippen molar-refractivity contribution in [1.29, 1.82) is 0 Å². The number of carbonyl (C=O) groups excluding carboxylic acids is 1. The lowest BCUT2D eigenvalue weighted by Gasteiger charge is -2.01. The van der Waals surface area contributed by atoms with Gasteiger partial charge in [0.2, 0.25) is 5.56 Å². The maximum atomic E-state index is 11.7. The summed E-state index contributed by atoms with van der Waals surface area (Å²) in [5.41, 5.74) is -0.00158. The highest BCUT2D eigenvalue weighted by Crippen LogP contribution is 1.94. The zero-order chi connectivity index (χ0) is 12.3. The van der Waals surface area contributed by atoms with E-state index in [0.29, 0.717) is 11.4 Å². The first kappa shape index (κ1) is 11.1. The van der Waals surface area contributed by atoms with Gasteiger partial charge in [-0.25, -0.2) is 4.98 Å². The summed E-state index contributed by atoms with van der Waals surface area (Å²) in [4.78, 5) is 29.1. The number of aromatic amines is 1. The summed E-state index contributed by atoms with van der Waals surface area (Å²) in [6.45, 7) is 0.229. The molecule has 2 heterocycles. The van der Waals surface area contributed by atoms with Crippen LogP contribution >= 0.6 is 0 Å². The maximum absolute atomic E-state index is 11.7. The van der Waals surface area contributed by atoms with Gasteiger partial charge < -0.3 is 10.3 Å². The van der Waals surface area contributed by atoms with Crippen LogP contribution in [0.15, 0.2) is 29.5 Å². The van der Waals surface area contributed by atoms with Gasteiger partial charge in [0.15, 0.2) is 5.82 Å². The molecule has 0 bridgehead atoms. The molecule has 0 saturated carbocycles. The first-order valence-electron chi connectivity index (χ1n) is 4.96. The van der Waals surface area contributed by atoms with E-state index in [1.165, 1.54) is 18.3 Å². The highest BCUT2D eigenvalue weighted by molar-refractivity contribution is 5.93. The van der Waals surface area contributed by atoms with Gasteiger partial charge in [-0.05, 0) is 6.07 Å². The zero-order valence-electron chi connectivity index (χ0n) is 9.17. The van der Waals surface area contributed by atoms with E-state index >= 15 is 0 Å². The highest BCUT2D eigenvalue weighted by Gasteiger charge is 2.06. The lowest BCUT2D eigenvalue weighted by molar-refractivity contribution is 0.0949. The van der Waals surface area contributed by atoms with Crippen molar-refractivity contribution in [3.63, 3.8) is 0 Å². The van der Waals surface area contributed by atoms with Crippen molar-refractivity contribution in [2.75, 3.05) is 0 Å². The Morgan fingerprint density at radius 3 is 3.06 bits per heavy atom. The summed E-state index contributed by atoms with van der Waals surface area (Å²) in [5.74, 6) is 0.189. The van der Waals surface area contributed by atoms with E-state index in [2.05, 4.69) is 20.4 Å². The fraction of sp³-hybridized carbons (Fsp3) is 0.200. The van der Waals surface area contributed by atoms with Crippen LogP contribution in [0.25, 0.3) is 0 Å². The molecule has 0 aliphatic heterocycles. The quantitative estimate of drug-likeness (QED) is 0.742. The number of nitrogens with one attached hydrogen (secondary N) is 2. The van der Waals surface area contributed by atoms with Crippen LogP contribution < -0.4 is 10.9 Å². The molecule has 2 aromatic rings. The zero-order valence-corrected chi connectivity index (χ0v) is 9.17. The van der Waals surface area contributed by atoms with Gasteiger partial charge in [-0.3, -0.25) is 14.3 Å². The summed E-state index contributed by atoms with van der Waals surface area (Å²) >= 11 is 0. The van der Waals surface area contributed by atoms with Crippen LogP contribution in [-0.2, 0) is 13.6 Å². The first-order chi connectivity index (χ1) is 8.15. The van der Waals surface area contributed by atoms with Crippen LogP contribution in [0.4, 0.5) is 0 Å². The van der Waals surface area contributed by atoms with E-state index in [1.807, 2.05) is 0 Å². The smallest absolute Gasteiger partial charge is 0.251 e. The van der Waals surface area contributed by atoms with E-state index in [-0.39, 0.29) is 18.0 Å². The van der Waals surface area contributed by atoms with Crippen molar-refractivity contribution in [2.24, 2.45) is 7.05 Å². The predicted octanol–water partition coefficient (Wildman–Crippen LogP) is -0.567. The van der Waals surface area contributed by atoms with Crippen LogP contribution in [0, 0.1) is 0 Å². The van der Waals surface area contributed by atoms with Gasteiger partial charge in [0.25, 0.3) is 5.91 Å². The molecule has 0 spiro atoms. The molecule has 0 fully saturated rings. The van der Waals surface area contributed by atoms with Gasteiger partial charge in [-0.2, -0.15) is 5.10 Å². The number of pyridine rings is 1. The van der Waals surface area contributed by atoms with Crippen molar-refractivity contribution >= 4 is 5.91 Å². The molecule has 0 atom stereocenters. The molecule has 0 saturated heterocycles. The predicted molar refractivity (Wildman–Crippen MR) is 59.2 cm³/mol. The Labute approximate surface area is 96.5 Å². The number of nitrogens with zero attached hydrogens (tertiary/aromatic N) is 3. The van der Waals surface area contributed by atoms with Crippen molar-refractivity contribution < 1.29 is 4.79 Å². The molecule has 88 valence electrons. The molecule has 2 rings (SSSR count). The Hall–Kier alpha value is -2.44. The van der Waals surface area contributed by atoms with Gasteiger partial charge in [-0.15, -0.1) is 0 Å². The molecule has 0 aliphatic carbocycles. The van der Waals surface area contributed by atoms with Crippen molar-refractivity contribution in [3.8, 4) is 0 Å². The Bertz CT molecular complexity index is 586. The third kappa shape index (κ3) is 2.77. The van der Waals surface area contributed by atoms with Crippen molar-refractivity contribution in [3.05, 3.63) is 46.4 Å². The van der Waals surface area contributed by atoms with Gasteiger partial charge in [0, 0.05) is 24.9 Å². The third-order valence-corrected chi connectivity index (χ3v) is 2.09. The highest BCUT2D eigenvalue weighted by atomic mass is 16.2. The van der Waals surface area contributed by atoms with Crippen LogP contribution in [0.5, 0.6) is 0 Å². The molecule has 2 N–H and O–H groups in total. The SMILES string of the molecule is Cn1cnc(CNC(=O)c2cc[nH]c(=O)c2)n1. The van der Waals surface area contributed by atoms with E-state index in [1.54, 1.807) is 18.1 Å². The summed E-state index contributed by atoms with van der Waals surface area (Å²) in [5, 5.41) is 6.64. The van der Waals surface area contributed by atoms with E-state index in [0.717, 1.165) is 0 Å². The number of aromatic nitrogens is 4. The first-order valence-corrected chi connectivity index (χ1v) is 4.96. The lowest BCUT2D eigenvalue weighted by Crippen LogP contribution is -2.24.